The lowest BCUT2D eigenvalue weighted by molar-refractivity contribution is -0.135. The smallest absolute Gasteiger partial charge is 0.323 e. The zero-order valence-corrected chi connectivity index (χ0v) is 7.75. The number of nitrogens with two attached hydrogens (primary N) is 1. The first-order valence-corrected chi connectivity index (χ1v) is 4.08. The molecule has 0 atom stereocenters. The van der Waals surface area contributed by atoms with Crippen molar-refractivity contribution in [3.8, 4) is 5.75 Å². The van der Waals surface area contributed by atoms with Gasteiger partial charge >= 0.3 is 12.0 Å². The van der Waals surface area contributed by atoms with E-state index in [1.54, 1.807) is 0 Å². The number of benzene rings is 1. The molecule has 0 radical (unpaired) electrons. The molecule has 0 aromatic heterocycles. The van der Waals surface area contributed by atoms with Crippen LogP contribution in [0.25, 0.3) is 0 Å². The van der Waals surface area contributed by atoms with Crippen LogP contribution in [0.1, 0.15) is 0 Å². The molecule has 2 amide bonds. The van der Waals surface area contributed by atoms with Gasteiger partial charge in [0.05, 0.1) is 0 Å². The zero-order chi connectivity index (χ0) is 11.4. The number of aliphatic carboxylic acids is 1. The minimum atomic E-state index is -1.16. The molecule has 0 fully saturated rings. The van der Waals surface area contributed by atoms with Crippen LogP contribution in [-0.4, -0.2) is 28.8 Å². The second-order valence-corrected chi connectivity index (χ2v) is 2.83. The lowest BCUT2D eigenvalue weighted by Gasteiger charge is -2.17. The fraction of sp³-hybridized carbons (Fsp3) is 0.111. The number of carbonyl (C=O) groups excluding carboxylic acids is 1. The maximum Gasteiger partial charge on any atom is 0.323 e. The summed E-state index contributed by atoms with van der Waals surface area (Å²) in [6.45, 7) is -0.514. The number of phenols is 1. The predicted octanol–water partition coefficient (Wildman–Crippen LogP) is 0.362. The Balaban J connectivity index is 2.94. The fourth-order valence-corrected chi connectivity index (χ4v) is 1.06. The molecule has 0 unspecified atom stereocenters. The maximum atomic E-state index is 10.9. The second-order valence-electron chi connectivity index (χ2n) is 2.83. The summed E-state index contributed by atoms with van der Waals surface area (Å²) in [5.74, 6) is -1.14. The van der Waals surface area contributed by atoms with Crippen molar-refractivity contribution in [1.82, 2.24) is 0 Å². The maximum absolute atomic E-state index is 10.9. The van der Waals surface area contributed by atoms with E-state index in [0.717, 1.165) is 4.90 Å². The van der Waals surface area contributed by atoms with Gasteiger partial charge in [-0.15, -0.1) is 0 Å². The third-order valence-electron chi connectivity index (χ3n) is 1.72. The quantitative estimate of drug-likeness (QED) is 0.670. The van der Waals surface area contributed by atoms with Crippen LogP contribution in [-0.2, 0) is 4.79 Å². The number of urea groups is 1. The van der Waals surface area contributed by atoms with Crippen molar-refractivity contribution < 1.29 is 19.8 Å². The number of carbonyl (C=O) groups is 2. The van der Waals surface area contributed by atoms with Crippen molar-refractivity contribution in [2.75, 3.05) is 11.4 Å². The second kappa shape index (κ2) is 4.32. The van der Waals surface area contributed by atoms with Crippen LogP contribution in [0.4, 0.5) is 10.5 Å². The lowest BCUT2D eigenvalue weighted by atomic mass is 10.3. The van der Waals surface area contributed by atoms with E-state index < -0.39 is 18.5 Å². The first-order chi connectivity index (χ1) is 7.00. The van der Waals surface area contributed by atoms with E-state index in [0.29, 0.717) is 5.69 Å². The summed E-state index contributed by atoms with van der Waals surface area (Å²) in [6, 6.07) is 4.63. The molecule has 0 spiro atoms. The molecule has 0 saturated carbocycles. The zero-order valence-electron chi connectivity index (χ0n) is 7.75. The van der Waals surface area contributed by atoms with Crippen molar-refractivity contribution in [2.45, 2.75) is 0 Å². The van der Waals surface area contributed by atoms with Crippen LogP contribution >= 0.6 is 0 Å². The predicted molar refractivity (Wildman–Crippen MR) is 52.7 cm³/mol. The van der Waals surface area contributed by atoms with Gasteiger partial charge in [-0.2, -0.15) is 0 Å². The summed E-state index contributed by atoms with van der Waals surface area (Å²) < 4.78 is 0. The highest BCUT2D eigenvalue weighted by atomic mass is 16.4. The van der Waals surface area contributed by atoms with Gasteiger partial charge in [0.25, 0.3) is 0 Å². The average molecular weight is 210 g/mol. The number of carboxylic acids is 1. The Morgan fingerprint density at radius 3 is 2.20 bits per heavy atom. The summed E-state index contributed by atoms with van der Waals surface area (Å²) in [5.41, 5.74) is 5.34. The third-order valence-corrected chi connectivity index (χ3v) is 1.72. The molecule has 0 saturated heterocycles. The van der Waals surface area contributed by atoms with E-state index in [-0.39, 0.29) is 5.75 Å². The molecule has 0 aliphatic carbocycles. The number of anilines is 1. The summed E-state index contributed by atoms with van der Waals surface area (Å²) in [7, 11) is 0. The molecule has 0 aliphatic rings. The molecule has 6 nitrogen and oxygen atoms in total. The minimum Gasteiger partial charge on any atom is -0.508 e. The molecule has 15 heavy (non-hydrogen) atoms. The number of phenolic OH excluding ortho intramolecular Hbond substituents is 1. The Morgan fingerprint density at radius 2 is 1.80 bits per heavy atom. The van der Waals surface area contributed by atoms with E-state index >= 15 is 0 Å². The monoisotopic (exact) mass is 210 g/mol. The highest BCUT2D eigenvalue weighted by Gasteiger charge is 2.15. The van der Waals surface area contributed by atoms with Crippen molar-refractivity contribution in [1.29, 1.82) is 0 Å². The first kappa shape index (κ1) is 10.8. The lowest BCUT2D eigenvalue weighted by Crippen LogP contribution is -2.39. The Labute approximate surface area is 85.5 Å². The Kier molecular flexibility index (Phi) is 3.12. The fourth-order valence-electron chi connectivity index (χ4n) is 1.06. The number of aromatic hydroxyl groups is 1. The summed E-state index contributed by atoms with van der Waals surface area (Å²) in [6.07, 6.45) is 0. The van der Waals surface area contributed by atoms with Crippen molar-refractivity contribution in [3.63, 3.8) is 0 Å². The molecular formula is C9H10N2O4. The van der Waals surface area contributed by atoms with E-state index in [4.69, 9.17) is 15.9 Å². The average Bonchev–Trinajstić information content (AvgIpc) is 2.15. The first-order valence-electron chi connectivity index (χ1n) is 4.08. The van der Waals surface area contributed by atoms with Crippen LogP contribution in [0.5, 0.6) is 5.75 Å². The van der Waals surface area contributed by atoms with Crippen LogP contribution < -0.4 is 10.6 Å². The molecule has 4 N–H and O–H groups in total. The van der Waals surface area contributed by atoms with E-state index in [9.17, 15) is 9.59 Å². The van der Waals surface area contributed by atoms with Crippen molar-refractivity contribution in [3.05, 3.63) is 24.3 Å². The molecule has 0 bridgehead atoms. The largest absolute Gasteiger partial charge is 0.508 e. The van der Waals surface area contributed by atoms with Crippen molar-refractivity contribution in [2.24, 2.45) is 5.73 Å². The van der Waals surface area contributed by atoms with E-state index in [1.165, 1.54) is 24.3 Å². The molecule has 1 aromatic rings. The standard InChI is InChI=1S/C9H10N2O4/c10-9(15)11(5-8(13)14)6-1-3-7(12)4-2-6/h1-4,12H,5H2,(H2,10,15)(H,13,14). The van der Waals surface area contributed by atoms with Gasteiger partial charge in [-0.1, -0.05) is 0 Å². The minimum absolute atomic E-state index is 0.0264. The van der Waals surface area contributed by atoms with Gasteiger partial charge in [0.15, 0.2) is 0 Å². The number of carboxylic acid groups (broad SMARTS) is 1. The number of rotatable bonds is 3. The summed E-state index contributed by atoms with van der Waals surface area (Å²) in [4.78, 5) is 22.3. The Bertz CT molecular complexity index is 374. The summed E-state index contributed by atoms with van der Waals surface area (Å²) >= 11 is 0. The number of hydrogen-bond donors (Lipinski definition) is 3. The van der Waals surface area contributed by atoms with Crippen LogP contribution in [0.3, 0.4) is 0 Å². The third kappa shape index (κ3) is 2.87. The van der Waals surface area contributed by atoms with Gasteiger partial charge in [0, 0.05) is 5.69 Å². The topological polar surface area (TPSA) is 104 Å². The molecule has 6 heteroatoms. The van der Waals surface area contributed by atoms with Crippen molar-refractivity contribution >= 4 is 17.7 Å². The molecular weight excluding hydrogens is 200 g/mol. The van der Waals surface area contributed by atoms with Crippen LogP contribution in [0.2, 0.25) is 0 Å². The van der Waals surface area contributed by atoms with Crippen LogP contribution in [0.15, 0.2) is 24.3 Å². The number of nitrogens with zero attached hydrogens (tertiary/aromatic N) is 1. The Morgan fingerprint density at radius 1 is 1.27 bits per heavy atom. The van der Waals surface area contributed by atoms with Gasteiger partial charge in [-0.05, 0) is 24.3 Å². The van der Waals surface area contributed by atoms with Gasteiger partial charge in [-0.25, -0.2) is 4.79 Å². The molecule has 0 heterocycles. The SMILES string of the molecule is NC(=O)N(CC(=O)O)c1ccc(O)cc1. The molecule has 0 aliphatic heterocycles. The van der Waals surface area contributed by atoms with Gasteiger partial charge in [0.2, 0.25) is 0 Å². The Hall–Kier alpha value is -2.24. The highest BCUT2D eigenvalue weighted by molar-refractivity contribution is 5.95. The molecule has 1 rings (SSSR count). The van der Waals surface area contributed by atoms with Gasteiger partial charge in [0.1, 0.15) is 12.3 Å². The highest BCUT2D eigenvalue weighted by Crippen LogP contribution is 2.17. The van der Waals surface area contributed by atoms with E-state index in [2.05, 4.69) is 0 Å². The van der Waals surface area contributed by atoms with Crippen LogP contribution in [0, 0.1) is 0 Å². The van der Waals surface area contributed by atoms with Gasteiger partial charge < -0.3 is 15.9 Å². The number of hydrogen-bond acceptors (Lipinski definition) is 3. The van der Waals surface area contributed by atoms with Gasteiger partial charge in [-0.3, -0.25) is 9.69 Å². The number of amides is 2. The van der Waals surface area contributed by atoms with E-state index in [1.807, 2.05) is 0 Å². The summed E-state index contributed by atoms with van der Waals surface area (Å²) in [5, 5.41) is 17.6. The number of primary amides is 1. The normalized spacial score (nSPS) is 9.60. The molecule has 80 valence electrons. The molecule has 1 aromatic carbocycles.